The molecule has 0 spiro atoms. The molecule has 0 aromatic heterocycles. The van der Waals surface area contributed by atoms with Crippen LogP contribution in [0.5, 0.6) is 0 Å². The monoisotopic (exact) mass is 379 g/mol. The summed E-state index contributed by atoms with van der Waals surface area (Å²) in [6, 6.07) is 20.1. The summed E-state index contributed by atoms with van der Waals surface area (Å²) in [7, 11) is 0. The summed E-state index contributed by atoms with van der Waals surface area (Å²) >= 11 is 0. The molecule has 3 rings (SSSR count). The van der Waals surface area contributed by atoms with Gasteiger partial charge in [-0.05, 0) is 37.0 Å². The summed E-state index contributed by atoms with van der Waals surface area (Å²) in [6.07, 6.45) is 2.91. The SMILES string of the molecule is CCC(=O)N(c1ccccc1)C1CCN(C(=O)NCCc2ccccc2)CC1. The molecule has 1 heterocycles. The molecular formula is C23H29N3O2. The number of carbonyl (C=O) groups is 2. The first-order valence-electron chi connectivity index (χ1n) is 10.1. The number of anilines is 1. The Hall–Kier alpha value is -2.82. The third-order valence-electron chi connectivity index (χ3n) is 5.26. The van der Waals surface area contributed by atoms with E-state index in [1.807, 2.05) is 65.3 Å². The second-order valence-electron chi connectivity index (χ2n) is 7.14. The van der Waals surface area contributed by atoms with Gasteiger partial charge in [0.15, 0.2) is 0 Å². The lowest BCUT2D eigenvalue weighted by Crippen LogP contribution is -2.51. The maximum Gasteiger partial charge on any atom is 0.317 e. The molecule has 0 saturated carbocycles. The first-order chi connectivity index (χ1) is 13.7. The van der Waals surface area contributed by atoms with Crippen LogP contribution in [0.15, 0.2) is 60.7 Å². The standard InChI is InChI=1S/C23H29N3O2/c1-2-22(27)26(20-11-7-4-8-12-20)21-14-17-25(18-15-21)23(28)24-16-13-19-9-5-3-6-10-19/h3-12,21H,2,13-18H2,1H3,(H,24,28). The van der Waals surface area contributed by atoms with Gasteiger partial charge in [0.05, 0.1) is 0 Å². The number of para-hydroxylation sites is 1. The van der Waals surface area contributed by atoms with Gasteiger partial charge in [0.1, 0.15) is 0 Å². The third-order valence-corrected chi connectivity index (χ3v) is 5.26. The Kier molecular flexibility index (Phi) is 7.06. The fourth-order valence-corrected chi connectivity index (χ4v) is 3.71. The maximum absolute atomic E-state index is 12.5. The molecule has 0 unspecified atom stereocenters. The summed E-state index contributed by atoms with van der Waals surface area (Å²) in [5, 5.41) is 3.02. The van der Waals surface area contributed by atoms with Crippen molar-refractivity contribution in [3.05, 3.63) is 66.2 Å². The van der Waals surface area contributed by atoms with Gasteiger partial charge in [-0.1, -0.05) is 55.5 Å². The zero-order valence-corrected chi connectivity index (χ0v) is 16.5. The van der Waals surface area contributed by atoms with Crippen molar-refractivity contribution in [3.8, 4) is 0 Å². The number of carbonyl (C=O) groups excluding carboxylic acids is 2. The second kappa shape index (κ2) is 9.93. The van der Waals surface area contributed by atoms with Crippen molar-refractivity contribution in [3.63, 3.8) is 0 Å². The summed E-state index contributed by atoms with van der Waals surface area (Å²) in [5.74, 6) is 0.136. The Balaban J connectivity index is 1.51. The van der Waals surface area contributed by atoms with Crippen LogP contribution in [0.1, 0.15) is 31.7 Å². The van der Waals surface area contributed by atoms with E-state index in [-0.39, 0.29) is 18.0 Å². The van der Waals surface area contributed by atoms with Crippen molar-refractivity contribution in [2.45, 2.75) is 38.6 Å². The fraction of sp³-hybridized carbons (Fsp3) is 0.391. The van der Waals surface area contributed by atoms with Crippen LogP contribution in [0.2, 0.25) is 0 Å². The highest BCUT2D eigenvalue weighted by molar-refractivity contribution is 5.93. The molecule has 28 heavy (non-hydrogen) atoms. The molecule has 5 nitrogen and oxygen atoms in total. The average molecular weight is 380 g/mol. The van der Waals surface area contributed by atoms with Gasteiger partial charge in [-0.3, -0.25) is 4.79 Å². The van der Waals surface area contributed by atoms with Gasteiger partial charge < -0.3 is 15.1 Å². The number of urea groups is 1. The molecule has 3 amide bonds. The van der Waals surface area contributed by atoms with Crippen molar-refractivity contribution < 1.29 is 9.59 Å². The van der Waals surface area contributed by atoms with Crippen molar-refractivity contribution in [2.75, 3.05) is 24.5 Å². The lowest BCUT2D eigenvalue weighted by atomic mass is 10.0. The number of nitrogens with zero attached hydrogens (tertiary/aromatic N) is 2. The summed E-state index contributed by atoms with van der Waals surface area (Å²) < 4.78 is 0. The zero-order valence-electron chi connectivity index (χ0n) is 16.5. The lowest BCUT2D eigenvalue weighted by Gasteiger charge is -2.38. The van der Waals surface area contributed by atoms with E-state index in [9.17, 15) is 9.59 Å². The lowest BCUT2D eigenvalue weighted by molar-refractivity contribution is -0.119. The predicted octanol–water partition coefficient (Wildman–Crippen LogP) is 3.85. The Morgan fingerprint density at radius 1 is 1.00 bits per heavy atom. The Labute approximate surface area is 167 Å². The molecule has 1 aliphatic rings. The van der Waals surface area contributed by atoms with Crippen molar-refractivity contribution in [2.24, 2.45) is 0 Å². The van der Waals surface area contributed by atoms with E-state index < -0.39 is 0 Å². The molecule has 0 atom stereocenters. The van der Waals surface area contributed by atoms with Crippen LogP contribution >= 0.6 is 0 Å². The van der Waals surface area contributed by atoms with Crippen molar-refractivity contribution in [1.82, 2.24) is 10.2 Å². The van der Waals surface area contributed by atoms with Crippen LogP contribution < -0.4 is 10.2 Å². The first kappa shape index (κ1) is 19.9. The quantitative estimate of drug-likeness (QED) is 0.829. The Morgan fingerprint density at radius 3 is 2.21 bits per heavy atom. The van der Waals surface area contributed by atoms with Gasteiger partial charge in [-0.25, -0.2) is 4.79 Å². The average Bonchev–Trinajstić information content (AvgIpc) is 2.75. The maximum atomic E-state index is 12.5. The number of rotatable bonds is 6. The van der Waals surface area contributed by atoms with E-state index in [0.29, 0.717) is 26.1 Å². The van der Waals surface area contributed by atoms with Crippen molar-refractivity contribution in [1.29, 1.82) is 0 Å². The molecule has 2 aromatic carbocycles. The molecule has 2 aromatic rings. The zero-order chi connectivity index (χ0) is 19.8. The van der Waals surface area contributed by atoms with E-state index in [1.54, 1.807) is 0 Å². The number of piperidine rings is 1. The van der Waals surface area contributed by atoms with E-state index in [1.165, 1.54) is 5.56 Å². The van der Waals surface area contributed by atoms with Crippen LogP contribution in [-0.4, -0.2) is 42.5 Å². The van der Waals surface area contributed by atoms with Gasteiger partial charge in [-0.2, -0.15) is 0 Å². The minimum atomic E-state index is -0.0116. The molecular weight excluding hydrogens is 350 g/mol. The van der Waals surface area contributed by atoms with Gasteiger partial charge in [0, 0.05) is 37.8 Å². The topological polar surface area (TPSA) is 52.7 Å². The van der Waals surface area contributed by atoms with Crippen LogP contribution in [0, 0.1) is 0 Å². The Bertz CT molecular complexity index is 756. The van der Waals surface area contributed by atoms with E-state index in [2.05, 4.69) is 17.4 Å². The second-order valence-corrected chi connectivity index (χ2v) is 7.14. The largest absolute Gasteiger partial charge is 0.338 e. The number of likely N-dealkylation sites (tertiary alicyclic amines) is 1. The van der Waals surface area contributed by atoms with Crippen LogP contribution in [0.25, 0.3) is 0 Å². The number of benzene rings is 2. The minimum absolute atomic E-state index is 0.0116. The Morgan fingerprint density at radius 2 is 1.61 bits per heavy atom. The first-order valence-corrected chi connectivity index (χ1v) is 10.1. The van der Waals surface area contributed by atoms with Gasteiger partial charge >= 0.3 is 6.03 Å². The van der Waals surface area contributed by atoms with Gasteiger partial charge in [-0.15, -0.1) is 0 Å². The van der Waals surface area contributed by atoms with Crippen molar-refractivity contribution >= 4 is 17.6 Å². The predicted molar refractivity (Wildman–Crippen MR) is 112 cm³/mol. The molecule has 1 N–H and O–H groups in total. The number of amides is 3. The summed E-state index contributed by atoms with van der Waals surface area (Å²) in [5.41, 5.74) is 2.17. The highest BCUT2D eigenvalue weighted by atomic mass is 16.2. The normalized spacial score (nSPS) is 14.5. The number of nitrogens with one attached hydrogen (secondary N) is 1. The molecule has 0 radical (unpaired) electrons. The molecule has 0 aliphatic carbocycles. The number of hydrogen-bond donors (Lipinski definition) is 1. The van der Waals surface area contributed by atoms with E-state index in [4.69, 9.17) is 0 Å². The van der Waals surface area contributed by atoms with E-state index in [0.717, 1.165) is 24.9 Å². The highest BCUT2D eigenvalue weighted by Gasteiger charge is 2.29. The summed E-state index contributed by atoms with van der Waals surface area (Å²) in [6.45, 7) is 3.87. The molecule has 1 fully saturated rings. The molecule has 1 aliphatic heterocycles. The molecule has 0 bridgehead atoms. The third kappa shape index (κ3) is 5.12. The molecule has 1 saturated heterocycles. The van der Waals surface area contributed by atoms with E-state index >= 15 is 0 Å². The van der Waals surface area contributed by atoms with Crippen LogP contribution in [0.4, 0.5) is 10.5 Å². The molecule has 148 valence electrons. The van der Waals surface area contributed by atoms with Gasteiger partial charge in [0.25, 0.3) is 0 Å². The smallest absolute Gasteiger partial charge is 0.317 e. The van der Waals surface area contributed by atoms with Crippen LogP contribution in [-0.2, 0) is 11.2 Å². The molecule has 5 heteroatoms. The minimum Gasteiger partial charge on any atom is -0.338 e. The van der Waals surface area contributed by atoms with Crippen LogP contribution in [0.3, 0.4) is 0 Å². The number of hydrogen-bond acceptors (Lipinski definition) is 2. The summed E-state index contributed by atoms with van der Waals surface area (Å²) in [4.78, 5) is 28.8. The van der Waals surface area contributed by atoms with Gasteiger partial charge in [0.2, 0.25) is 5.91 Å². The highest BCUT2D eigenvalue weighted by Crippen LogP contribution is 2.24. The fourth-order valence-electron chi connectivity index (χ4n) is 3.71.